The highest BCUT2D eigenvalue weighted by Gasteiger charge is 2.20. The third kappa shape index (κ3) is 5.56. The normalized spacial score (nSPS) is 22.9. The number of nitrogens with zero attached hydrogens (tertiary/aromatic N) is 2. The molecule has 2 aliphatic heterocycles. The fraction of sp³-hybridized carbons (Fsp3) is 0.929. The number of rotatable bonds is 6. The van der Waals surface area contributed by atoms with E-state index >= 15 is 0 Å². The van der Waals surface area contributed by atoms with E-state index in [0.717, 1.165) is 52.4 Å². The summed E-state index contributed by atoms with van der Waals surface area (Å²) in [6.45, 7) is 9.47. The second kappa shape index (κ2) is 9.55. The van der Waals surface area contributed by atoms with Crippen LogP contribution in [0.5, 0.6) is 0 Å². The van der Waals surface area contributed by atoms with Gasteiger partial charge >= 0.3 is 0 Å². The number of hydrogen-bond donors (Lipinski definition) is 1. The van der Waals surface area contributed by atoms with Gasteiger partial charge in [-0.15, -0.1) is 12.4 Å². The lowest BCUT2D eigenvalue weighted by atomic mass is 10.2. The molecule has 20 heavy (non-hydrogen) atoms. The maximum atomic E-state index is 12.1. The Morgan fingerprint density at radius 2 is 2.15 bits per heavy atom. The van der Waals surface area contributed by atoms with Gasteiger partial charge in [-0.1, -0.05) is 6.92 Å². The number of halogens is 1. The lowest BCUT2D eigenvalue weighted by molar-refractivity contribution is -0.132. The fourth-order valence-corrected chi connectivity index (χ4v) is 2.78. The summed E-state index contributed by atoms with van der Waals surface area (Å²) in [6, 6.07) is 0. The number of carbonyl (C=O) groups excluding carboxylic acids is 1. The van der Waals surface area contributed by atoms with Crippen molar-refractivity contribution >= 4 is 18.3 Å². The summed E-state index contributed by atoms with van der Waals surface area (Å²) in [5.41, 5.74) is 0. The second-order valence-corrected chi connectivity index (χ2v) is 5.41. The van der Waals surface area contributed by atoms with E-state index in [4.69, 9.17) is 4.74 Å². The predicted octanol–water partition coefficient (Wildman–Crippen LogP) is 0.731. The zero-order chi connectivity index (χ0) is 13.5. The highest BCUT2D eigenvalue weighted by atomic mass is 35.5. The molecule has 2 rings (SSSR count). The summed E-state index contributed by atoms with van der Waals surface area (Å²) in [5, 5.41) is 3.27. The van der Waals surface area contributed by atoms with Crippen LogP contribution in [-0.2, 0) is 9.53 Å². The molecule has 1 amide bonds. The Labute approximate surface area is 128 Å². The van der Waals surface area contributed by atoms with Crippen molar-refractivity contribution in [2.75, 3.05) is 52.4 Å². The topological polar surface area (TPSA) is 44.8 Å². The maximum Gasteiger partial charge on any atom is 0.223 e. The van der Waals surface area contributed by atoms with E-state index < -0.39 is 0 Å². The molecule has 0 aliphatic carbocycles. The molecule has 1 unspecified atom stereocenters. The van der Waals surface area contributed by atoms with Crippen LogP contribution in [0.3, 0.4) is 0 Å². The van der Waals surface area contributed by atoms with Crippen molar-refractivity contribution in [3.63, 3.8) is 0 Å². The molecule has 2 aliphatic rings. The fourth-order valence-electron chi connectivity index (χ4n) is 2.78. The molecule has 0 aromatic carbocycles. The molecule has 2 saturated heterocycles. The molecule has 0 radical (unpaired) electrons. The molecule has 118 valence electrons. The molecule has 0 aromatic rings. The van der Waals surface area contributed by atoms with Crippen molar-refractivity contribution in [3.05, 3.63) is 0 Å². The van der Waals surface area contributed by atoms with Crippen molar-refractivity contribution < 1.29 is 9.53 Å². The Balaban J connectivity index is 0.00000200. The van der Waals surface area contributed by atoms with Gasteiger partial charge in [-0.05, 0) is 19.4 Å². The van der Waals surface area contributed by atoms with Gasteiger partial charge in [-0.3, -0.25) is 4.79 Å². The van der Waals surface area contributed by atoms with Gasteiger partial charge in [0.1, 0.15) is 0 Å². The van der Waals surface area contributed by atoms with Crippen LogP contribution < -0.4 is 5.32 Å². The highest BCUT2D eigenvalue weighted by molar-refractivity contribution is 5.85. The third-order valence-corrected chi connectivity index (χ3v) is 4.04. The summed E-state index contributed by atoms with van der Waals surface area (Å²) in [5.74, 6) is 0.298. The van der Waals surface area contributed by atoms with Gasteiger partial charge in [0.05, 0.1) is 6.10 Å². The Morgan fingerprint density at radius 1 is 1.40 bits per heavy atom. The van der Waals surface area contributed by atoms with E-state index in [-0.39, 0.29) is 12.4 Å². The van der Waals surface area contributed by atoms with Gasteiger partial charge in [0.25, 0.3) is 0 Å². The SMILES string of the molecule is CCN(CCC(=O)N1CCNCC1)CC1CCCO1.Cl. The van der Waals surface area contributed by atoms with Crippen LogP contribution in [0.2, 0.25) is 0 Å². The minimum absolute atomic E-state index is 0. The minimum Gasteiger partial charge on any atom is -0.377 e. The van der Waals surface area contributed by atoms with E-state index in [1.807, 2.05) is 4.90 Å². The summed E-state index contributed by atoms with van der Waals surface area (Å²) in [6.07, 6.45) is 3.37. The Hall–Kier alpha value is -0.360. The second-order valence-electron chi connectivity index (χ2n) is 5.41. The number of ether oxygens (including phenoxy) is 1. The summed E-state index contributed by atoms with van der Waals surface area (Å²) in [7, 11) is 0. The van der Waals surface area contributed by atoms with Crippen LogP contribution in [-0.4, -0.2) is 74.2 Å². The maximum absolute atomic E-state index is 12.1. The van der Waals surface area contributed by atoms with E-state index in [9.17, 15) is 4.79 Å². The van der Waals surface area contributed by atoms with E-state index in [1.54, 1.807) is 0 Å². The number of nitrogens with one attached hydrogen (secondary N) is 1. The van der Waals surface area contributed by atoms with Crippen LogP contribution in [0.25, 0.3) is 0 Å². The first-order valence-corrected chi connectivity index (χ1v) is 7.62. The van der Waals surface area contributed by atoms with Crippen molar-refractivity contribution in [2.45, 2.75) is 32.3 Å². The molecule has 0 spiro atoms. The number of carbonyl (C=O) groups is 1. The first kappa shape index (κ1) is 17.7. The molecular weight excluding hydrogens is 278 g/mol. The molecule has 2 heterocycles. The van der Waals surface area contributed by atoms with Gasteiger partial charge in [-0.25, -0.2) is 0 Å². The first-order valence-electron chi connectivity index (χ1n) is 7.62. The molecule has 0 bridgehead atoms. The Kier molecular flexibility index (Phi) is 8.45. The van der Waals surface area contributed by atoms with Crippen LogP contribution in [0.4, 0.5) is 0 Å². The van der Waals surface area contributed by atoms with Crippen molar-refractivity contribution in [1.29, 1.82) is 0 Å². The standard InChI is InChI=1S/C14H27N3O2.ClH/c1-2-16(12-13-4-3-11-19-13)8-5-14(18)17-9-6-15-7-10-17;/h13,15H,2-12H2,1H3;1H. The number of hydrogen-bond acceptors (Lipinski definition) is 4. The average Bonchev–Trinajstić information content (AvgIpc) is 2.97. The number of piperazine rings is 1. The minimum atomic E-state index is 0. The summed E-state index contributed by atoms with van der Waals surface area (Å²) in [4.78, 5) is 16.4. The van der Waals surface area contributed by atoms with Crippen molar-refractivity contribution in [3.8, 4) is 0 Å². The number of amides is 1. The monoisotopic (exact) mass is 305 g/mol. The Morgan fingerprint density at radius 3 is 2.75 bits per heavy atom. The van der Waals surface area contributed by atoms with Crippen LogP contribution >= 0.6 is 12.4 Å². The van der Waals surface area contributed by atoms with E-state index in [1.165, 1.54) is 12.8 Å². The van der Waals surface area contributed by atoms with Crippen molar-refractivity contribution in [2.24, 2.45) is 0 Å². The smallest absolute Gasteiger partial charge is 0.223 e. The average molecular weight is 306 g/mol. The van der Waals surface area contributed by atoms with E-state index in [2.05, 4.69) is 17.1 Å². The zero-order valence-corrected chi connectivity index (χ0v) is 13.3. The molecule has 1 atom stereocenters. The molecular formula is C14H28ClN3O2. The highest BCUT2D eigenvalue weighted by Crippen LogP contribution is 2.13. The molecule has 5 nitrogen and oxygen atoms in total. The van der Waals surface area contributed by atoms with Crippen LogP contribution in [0.1, 0.15) is 26.2 Å². The molecule has 0 saturated carbocycles. The molecule has 1 N–H and O–H groups in total. The summed E-state index contributed by atoms with van der Waals surface area (Å²) >= 11 is 0. The molecule has 6 heteroatoms. The van der Waals surface area contributed by atoms with Crippen molar-refractivity contribution in [1.82, 2.24) is 15.1 Å². The van der Waals surface area contributed by atoms with E-state index in [0.29, 0.717) is 18.4 Å². The van der Waals surface area contributed by atoms with Gasteiger partial charge in [-0.2, -0.15) is 0 Å². The lowest BCUT2D eigenvalue weighted by Gasteiger charge is -2.29. The quantitative estimate of drug-likeness (QED) is 0.786. The zero-order valence-electron chi connectivity index (χ0n) is 12.5. The van der Waals surface area contributed by atoms with Crippen LogP contribution in [0, 0.1) is 0 Å². The van der Waals surface area contributed by atoms with Crippen LogP contribution in [0.15, 0.2) is 0 Å². The van der Waals surface area contributed by atoms with Gasteiger partial charge in [0.2, 0.25) is 5.91 Å². The third-order valence-electron chi connectivity index (χ3n) is 4.04. The summed E-state index contributed by atoms with van der Waals surface area (Å²) < 4.78 is 5.66. The van der Waals surface area contributed by atoms with Gasteiger partial charge < -0.3 is 19.9 Å². The largest absolute Gasteiger partial charge is 0.377 e. The first-order chi connectivity index (χ1) is 9.29. The lowest BCUT2D eigenvalue weighted by Crippen LogP contribution is -2.47. The Bertz CT molecular complexity index is 280. The molecule has 0 aromatic heterocycles. The molecule has 2 fully saturated rings. The van der Waals surface area contributed by atoms with Gasteiger partial charge in [0, 0.05) is 52.3 Å². The predicted molar refractivity (Wildman–Crippen MR) is 82.4 cm³/mol. The number of likely N-dealkylation sites (N-methyl/N-ethyl adjacent to an activating group) is 1. The van der Waals surface area contributed by atoms with Gasteiger partial charge in [0.15, 0.2) is 0 Å².